The van der Waals surface area contributed by atoms with Crippen LogP contribution in [-0.2, 0) is 0 Å². The van der Waals surface area contributed by atoms with Crippen LogP contribution in [0.3, 0.4) is 0 Å². The lowest BCUT2D eigenvalue weighted by atomic mass is 9.99. The molecule has 1 aliphatic heterocycles. The predicted molar refractivity (Wildman–Crippen MR) is 103 cm³/mol. The van der Waals surface area contributed by atoms with Gasteiger partial charge >= 0.3 is 0 Å². The number of likely N-dealkylation sites (tertiary alicyclic amines) is 1. The topological polar surface area (TPSA) is 53.9 Å². The summed E-state index contributed by atoms with van der Waals surface area (Å²) >= 11 is 0. The standard InChI is InChI=1S/C20H29N5/c1-14-7-6-10-25(13-14)15(2)11-22-19-16(3)17(4)23-20(24-19)18-8-5-9-21-12-18/h5,8-9,12,14-15H,6-7,10-11,13H2,1-4H3,(H,22,23,24). The van der Waals surface area contributed by atoms with Crippen molar-refractivity contribution in [3.05, 3.63) is 35.8 Å². The van der Waals surface area contributed by atoms with E-state index in [4.69, 9.17) is 4.98 Å². The average molecular weight is 339 g/mol. The largest absolute Gasteiger partial charge is 0.368 e. The zero-order valence-corrected chi connectivity index (χ0v) is 15.8. The van der Waals surface area contributed by atoms with E-state index in [-0.39, 0.29) is 0 Å². The van der Waals surface area contributed by atoms with E-state index in [2.05, 4.69) is 41.0 Å². The molecule has 25 heavy (non-hydrogen) atoms. The van der Waals surface area contributed by atoms with Gasteiger partial charge in [-0.15, -0.1) is 0 Å². The Bertz CT molecular complexity index is 701. The van der Waals surface area contributed by atoms with Gasteiger partial charge in [0.05, 0.1) is 0 Å². The molecule has 0 aromatic carbocycles. The first-order chi connectivity index (χ1) is 12.0. The van der Waals surface area contributed by atoms with Gasteiger partial charge in [0.1, 0.15) is 5.82 Å². The van der Waals surface area contributed by atoms with Crippen molar-refractivity contribution in [2.24, 2.45) is 5.92 Å². The first kappa shape index (κ1) is 17.8. The molecule has 0 bridgehead atoms. The second-order valence-electron chi connectivity index (χ2n) is 7.32. The molecule has 3 heterocycles. The van der Waals surface area contributed by atoms with Crippen LogP contribution >= 0.6 is 0 Å². The summed E-state index contributed by atoms with van der Waals surface area (Å²) < 4.78 is 0. The summed E-state index contributed by atoms with van der Waals surface area (Å²) in [4.78, 5) is 16.2. The Morgan fingerprint density at radius 1 is 1.32 bits per heavy atom. The molecule has 1 N–H and O–H groups in total. The molecule has 5 nitrogen and oxygen atoms in total. The second-order valence-corrected chi connectivity index (χ2v) is 7.32. The van der Waals surface area contributed by atoms with Crippen LogP contribution < -0.4 is 5.32 Å². The van der Waals surface area contributed by atoms with E-state index in [1.165, 1.54) is 25.9 Å². The van der Waals surface area contributed by atoms with Crippen molar-refractivity contribution >= 4 is 5.82 Å². The minimum atomic E-state index is 0.499. The highest BCUT2D eigenvalue weighted by Crippen LogP contribution is 2.22. The minimum absolute atomic E-state index is 0.499. The van der Waals surface area contributed by atoms with Gasteiger partial charge in [-0.1, -0.05) is 6.92 Å². The maximum Gasteiger partial charge on any atom is 0.163 e. The molecule has 0 saturated carbocycles. The van der Waals surface area contributed by atoms with Gasteiger partial charge in [-0.25, -0.2) is 9.97 Å². The Labute approximate surface area is 150 Å². The molecule has 5 heteroatoms. The number of nitrogens with one attached hydrogen (secondary N) is 1. The van der Waals surface area contributed by atoms with Crippen LogP contribution in [0.1, 0.15) is 37.9 Å². The van der Waals surface area contributed by atoms with Crippen molar-refractivity contribution in [1.82, 2.24) is 19.9 Å². The van der Waals surface area contributed by atoms with E-state index in [0.29, 0.717) is 6.04 Å². The Kier molecular flexibility index (Phi) is 5.63. The van der Waals surface area contributed by atoms with Crippen molar-refractivity contribution in [3.8, 4) is 11.4 Å². The molecule has 0 aliphatic carbocycles. The molecule has 0 amide bonds. The van der Waals surface area contributed by atoms with Crippen LogP contribution in [-0.4, -0.2) is 45.5 Å². The number of hydrogen-bond acceptors (Lipinski definition) is 5. The number of rotatable bonds is 5. The molecule has 134 valence electrons. The number of aromatic nitrogens is 3. The van der Waals surface area contributed by atoms with Crippen molar-refractivity contribution < 1.29 is 0 Å². The third kappa shape index (κ3) is 4.34. The molecule has 0 radical (unpaired) electrons. The number of anilines is 1. The summed E-state index contributed by atoms with van der Waals surface area (Å²) in [5.74, 6) is 2.47. The Morgan fingerprint density at radius 2 is 2.16 bits per heavy atom. The monoisotopic (exact) mass is 339 g/mol. The molecule has 1 aliphatic rings. The maximum absolute atomic E-state index is 4.75. The normalized spacial score (nSPS) is 19.6. The summed E-state index contributed by atoms with van der Waals surface area (Å²) in [6.45, 7) is 12.1. The Balaban J connectivity index is 1.72. The lowest BCUT2D eigenvalue weighted by molar-refractivity contribution is 0.144. The first-order valence-corrected chi connectivity index (χ1v) is 9.28. The van der Waals surface area contributed by atoms with Crippen LogP contribution in [0, 0.1) is 19.8 Å². The van der Waals surface area contributed by atoms with E-state index >= 15 is 0 Å². The van der Waals surface area contributed by atoms with Crippen molar-refractivity contribution in [1.29, 1.82) is 0 Å². The first-order valence-electron chi connectivity index (χ1n) is 9.28. The van der Waals surface area contributed by atoms with Crippen molar-refractivity contribution in [2.75, 3.05) is 25.0 Å². The molecule has 3 rings (SSSR count). The van der Waals surface area contributed by atoms with Gasteiger partial charge in [-0.05, 0) is 58.2 Å². The maximum atomic E-state index is 4.75. The van der Waals surface area contributed by atoms with Crippen LogP contribution in [0.25, 0.3) is 11.4 Å². The van der Waals surface area contributed by atoms with Gasteiger partial charge in [-0.2, -0.15) is 0 Å². The summed E-state index contributed by atoms with van der Waals surface area (Å²) in [5.41, 5.74) is 3.08. The Morgan fingerprint density at radius 3 is 2.88 bits per heavy atom. The molecular weight excluding hydrogens is 310 g/mol. The lowest BCUT2D eigenvalue weighted by Crippen LogP contribution is -2.43. The number of piperidine rings is 1. The zero-order valence-electron chi connectivity index (χ0n) is 15.8. The number of aryl methyl sites for hydroxylation is 1. The smallest absolute Gasteiger partial charge is 0.163 e. The molecule has 0 spiro atoms. The lowest BCUT2D eigenvalue weighted by Gasteiger charge is -2.35. The third-order valence-corrected chi connectivity index (χ3v) is 5.19. The summed E-state index contributed by atoms with van der Waals surface area (Å²) in [7, 11) is 0. The van der Waals surface area contributed by atoms with Gasteiger partial charge < -0.3 is 5.32 Å². The molecule has 2 unspecified atom stereocenters. The van der Waals surface area contributed by atoms with E-state index in [0.717, 1.165) is 40.9 Å². The highest BCUT2D eigenvalue weighted by atomic mass is 15.2. The van der Waals surface area contributed by atoms with Crippen LogP contribution in [0.15, 0.2) is 24.5 Å². The minimum Gasteiger partial charge on any atom is -0.368 e. The number of pyridine rings is 1. The number of hydrogen-bond donors (Lipinski definition) is 1. The Hall–Kier alpha value is -2.01. The molecular formula is C20H29N5. The summed E-state index contributed by atoms with van der Waals surface area (Å²) in [5, 5.41) is 3.56. The number of nitrogens with zero attached hydrogens (tertiary/aromatic N) is 4. The van der Waals surface area contributed by atoms with Gasteiger partial charge in [0, 0.05) is 48.3 Å². The van der Waals surface area contributed by atoms with Gasteiger partial charge in [-0.3, -0.25) is 9.88 Å². The van der Waals surface area contributed by atoms with Crippen LogP contribution in [0.2, 0.25) is 0 Å². The molecule has 2 aromatic rings. The molecule has 1 saturated heterocycles. The fourth-order valence-electron chi connectivity index (χ4n) is 3.42. The molecule has 2 atom stereocenters. The second kappa shape index (κ2) is 7.91. The SMILES string of the molecule is Cc1nc(-c2cccnc2)nc(NCC(C)N2CCCC(C)C2)c1C. The quantitative estimate of drug-likeness (QED) is 0.900. The van der Waals surface area contributed by atoms with Gasteiger partial charge in [0.15, 0.2) is 5.82 Å². The fourth-order valence-corrected chi connectivity index (χ4v) is 3.42. The average Bonchev–Trinajstić information content (AvgIpc) is 2.63. The van der Waals surface area contributed by atoms with Crippen molar-refractivity contribution in [2.45, 2.75) is 46.6 Å². The van der Waals surface area contributed by atoms with E-state index in [1.54, 1.807) is 6.20 Å². The van der Waals surface area contributed by atoms with E-state index < -0.39 is 0 Å². The third-order valence-electron chi connectivity index (χ3n) is 5.19. The van der Waals surface area contributed by atoms with Crippen molar-refractivity contribution in [3.63, 3.8) is 0 Å². The van der Waals surface area contributed by atoms with Gasteiger partial charge in [0.25, 0.3) is 0 Å². The fraction of sp³-hybridized carbons (Fsp3) is 0.550. The molecule has 2 aromatic heterocycles. The molecule has 1 fully saturated rings. The van der Waals surface area contributed by atoms with E-state index in [1.807, 2.05) is 25.3 Å². The zero-order chi connectivity index (χ0) is 17.8. The predicted octanol–water partition coefficient (Wildman–Crippen LogP) is 3.69. The van der Waals surface area contributed by atoms with Crippen LogP contribution in [0.4, 0.5) is 5.82 Å². The highest BCUT2D eigenvalue weighted by molar-refractivity contribution is 5.58. The van der Waals surface area contributed by atoms with E-state index in [9.17, 15) is 0 Å². The van der Waals surface area contributed by atoms with Crippen LogP contribution in [0.5, 0.6) is 0 Å². The summed E-state index contributed by atoms with van der Waals surface area (Å²) in [6.07, 6.45) is 6.24. The summed E-state index contributed by atoms with van der Waals surface area (Å²) in [6, 6.07) is 4.42. The van der Waals surface area contributed by atoms with Gasteiger partial charge in [0.2, 0.25) is 0 Å². The highest BCUT2D eigenvalue weighted by Gasteiger charge is 2.21.